The molecule has 1 N–H and O–H groups in total. The fourth-order valence-corrected chi connectivity index (χ4v) is 2.41. The van der Waals surface area contributed by atoms with Gasteiger partial charge >= 0.3 is 0 Å². The summed E-state index contributed by atoms with van der Waals surface area (Å²) < 4.78 is 10.9. The first-order valence-corrected chi connectivity index (χ1v) is 6.31. The zero-order valence-corrected chi connectivity index (χ0v) is 9.71. The molecule has 3 nitrogen and oxygen atoms in total. The molecule has 1 unspecified atom stereocenters. The molecule has 0 aromatic heterocycles. The van der Waals surface area contributed by atoms with Gasteiger partial charge in [-0.15, -0.1) is 0 Å². The highest BCUT2D eigenvalue weighted by atomic mass is 16.5. The van der Waals surface area contributed by atoms with E-state index in [1.54, 1.807) is 0 Å². The summed E-state index contributed by atoms with van der Waals surface area (Å²) in [6.45, 7) is 6.03. The van der Waals surface area contributed by atoms with Crippen LogP contribution in [0.15, 0.2) is 0 Å². The molecule has 15 heavy (non-hydrogen) atoms. The molecule has 1 heterocycles. The lowest BCUT2D eigenvalue weighted by Gasteiger charge is -2.35. The molecule has 2 rings (SSSR count). The topological polar surface area (TPSA) is 30.5 Å². The quantitative estimate of drug-likeness (QED) is 0.726. The van der Waals surface area contributed by atoms with Crippen LogP contribution in [0, 0.1) is 5.92 Å². The highest BCUT2D eigenvalue weighted by Crippen LogP contribution is 2.23. The monoisotopic (exact) mass is 213 g/mol. The molecular weight excluding hydrogens is 190 g/mol. The fourth-order valence-electron chi connectivity index (χ4n) is 2.41. The van der Waals surface area contributed by atoms with Gasteiger partial charge in [-0.2, -0.15) is 0 Å². The van der Waals surface area contributed by atoms with Crippen LogP contribution in [-0.4, -0.2) is 38.5 Å². The maximum Gasteiger partial charge on any atom is 0.0604 e. The van der Waals surface area contributed by atoms with E-state index in [0.717, 1.165) is 32.3 Å². The van der Waals surface area contributed by atoms with Gasteiger partial charge in [0.05, 0.1) is 6.10 Å². The van der Waals surface area contributed by atoms with E-state index in [4.69, 9.17) is 9.47 Å². The Morgan fingerprint density at radius 2 is 2.27 bits per heavy atom. The molecular formula is C12H23NO2. The molecule has 88 valence electrons. The van der Waals surface area contributed by atoms with Crippen molar-refractivity contribution in [3.63, 3.8) is 0 Å². The highest BCUT2D eigenvalue weighted by Gasteiger charge is 2.29. The van der Waals surface area contributed by atoms with Crippen LogP contribution in [0.2, 0.25) is 0 Å². The van der Waals surface area contributed by atoms with Crippen LogP contribution in [-0.2, 0) is 9.47 Å². The van der Waals surface area contributed by atoms with Gasteiger partial charge < -0.3 is 14.8 Å². The lowest BCUT2D eigenvalue weighted by Crippen LogP contribution is -2.45. The van der Waals surface area contributed by atoms with Crippen LogP contribution >= 0.6 is 0 Å². The molecule has 2 fully saturated rings. The third-order valence-electron chi connectivity index (χ3n) is 3.51. The van der Waals surface area contributed by atoms with Crippen molar-refractivity contribution in [1.82, 2.24) is 5.32 Å². The molecule has 1 aliphatic heterocycles. The summed E-state index contributed by atoms with van der Waals surface area (Å²) in [4.78, 5) is 0. The summed E-state index contributed by atoms with van der Waals surface area (Å²) in [7, 11) is 0. The normalized spacial score (nSPS) is 35.4. The first-order valence-electron chi connectivity index (χ1n) is 6.31. The lowest BCUT2D eigenvalue weighted by atomic mass is 9.89. The summed E-state index contributed by atoms with van der Waals surface area (Å²) in [6.07, 6.45) is 5.47. The zero-order chi connectivity index (χ0) is 10.5. The van der Waals surface area contributed by atoms with Crippen molar-refractivity contribution >= 4 is 0 Å². The molecule has 1 aliphatic carbocycles. The second-order valence-electron chi connectivity index (χ2n) is 4.72. The molecule has 0 amide bonds. The number of hydrogen-bond acceptors (Lipinski definition) is 3. The third-order valence-corrected chi connectivity index (χ3v) is 3.51. The van der Waals surface area contributed by atoms with E-state index in [1.807, 2.05) is 0 Å². The lowest BCUT2D eigenvalue weighted by molar-refractivity contribution is -0.00996. The first-order chi connectivity index (χ1) is 7.38. The van der Waals surface area contributed by atoms with Gasteiger partial charge in [0.1, 0.15) is 0 Å². The van der Waals surface area contributed by atoms with Crippen molar-refractivity contribution in [2.24, 2.45) is 5.92 Å². The SMILES string of the molecule is CCOC1CC(NCCC2CCOC2)C1. The van der Waals surface area contributed by atoms with Crippen molar-refractivity contribution in [1.29, 1.82) is 0 Å². The van der Waals surface area contributed by atoms with E-state index in [2.05, 4.69) is 12.2 Å². The molecule has 1 atom stereocenters. The van der Waals surface area contributed by atoms with Crippen LogP contribution in [0.25, 0.3) is 0 Å². The Hall–Kier alpha value is -0.120. The van der Waals surface area contributed by atoms with E-state index in [-0.39, 0.29) is 0 Å². The Kier molecular flexibility index (Phi) is 4.42. The van der Waals surface area contributed by atoms with Crippen molar-refractivity contribution in [3.8, 4) is 0 Å². The maximum atomic E-state index is 5.53. The van der Waals surface area contributed by atoms with Gasteiger partial charge in [-0.05, 0) is 45.1 Å². The second-order valence-corrected chi connectivity index (χ2v) is 4.72. The zero-order valence-electron chi connectivity index (χ0n) is 9.71. The largest absolute Gasteiger partial charge is 0.381 e. The number of ether oxygens (including phenoxy) is 2. The predicted molar refractivity (Wildman–Crippen MR) is 60.0 cm³/mol. The summed E-state index contributed by atoms with van der Waals surface area (Å²) in [5, 5.41) is 3.60. The molecule has 0 radical (unpaired) electrons. The van der Waals surface area contributed by atoms with Crippen LogP contribution in [0.4, 0.5) is 0 Å². The standard InChI is InChI=1S/C12H23NO2/c1-2-15-12-7-11(8-12)13-5-3-10-4-6-14-9-10/h10-13H,2-9H2,1H3. The van der Waals surface area contributed by atoms with Crippen LogP contribution in [0.3, 0.4) is 0 Å². The molecule has 0 spiro atoms. The first kappa shape index (κ1) is 11.4. The Bertz CT molecular complexity index is 174. The van der Waals surface area contributed by atoms with E-state index in [1.165, 1.54) is 25.7 Å². The van der Waals surface area contributed by atoms with Crippen molar-refractivity contribution in [2.45, 2.75) is 44.8 Å². The summed E-state index contributed by atoms with van der Waals surface area (Å²) in [5.74, 6) is 0.806. The van der Waals surface area contributed by atoms with E-state index < -0.39 is 0 Å². The molecule has 0 aromatic rings. The van der Waals surface area contributed by atoms with Gasteiger partial charge in [0, 0.05) is 25.9 Å². The van der Waals surface area contributed by atoms with Crippen molar-refractivity contribution in [2.75, 3.05) is 26.4 Å². The van der Waals surface area contributed by atoms with Gasteiger partial charge in [-0.25, -0.2) is 0 Å². The number of rotatable bonds is 6. The second kappa shape index (κ2) is 5.83. The van der Waals surface area contributed by atoms with Gasteiger partial charge in [-0.1, -0.05) is 0 Å². The molecule has 1 saturated heterocycles. The van der Waals surface area contributed by atoms with Crippen LogP contribution < -0.4 is 5.32 Å². The minimum atomic E-state index is 0.530. The maximum absolute atomic E-state index is 5.53. The average Bonchev–Trinajstić information content (AvgIpc) is 2.66. The summed E-state index contributed by atoms with van der Waals surface area (Å²) >= 11 is 0. The molecule has 1 saturated carbocycles. The minimum absolute atomic E-state index is 0.530. The van der Waals surface area contributed by atoms with Gasteiger partial charge in [0.2, 0.25) is 0 Å². The highest BCUT2D eigenvalue weighted by molar-refractivity contribution is 4.86. The van der Waals surface area contributed by atoms with Gasteiger partial charge in [-0.3, -0.25) is 0 Å². The molecule has 3 heteroatoms. The average molecular weight is 213 g/mol. The minimum Gasteiger partial charge on any atom is -0.381 e. The molecule has 0 aromatic carbocycles. The predicted octanol–water partition coefficient (Wildman–Crippen LogP) is 1.57. The molecule has 2 aliphatic rings. The fraction of sp³-hybridized carbons (Fsp3) is 1.00. The number of hydrogen-bond donors (Lipinski definition) is 1. The van der Waals surface area contributed by atoms with E-state index >= 15 is 0 Å². The van der Waals surface area contributed by atoms with Crippen molar-refractivity contribution < 1.29 is 9.47 Å². The van der Waals surface area contributed by atoms with Crippen LogP contribution in [0.5, 0.6) is 0 Å². The van der Waals surface area contributed by atoms with Gasteiger partial charge in [0.25, 0.3) is 0 Å². The van der Waals surface area contributed by atoms with Crippen LogP contribution in [0.1, 0.15) is 32.6 Å². The van der Waals surface area contributed by atoms with E-state index in [9.17, 15) is 0 Å². The Labute approximate surface area is 92.5 Å². The Balaban J connectivity index is 1.45. The summed E-state index contributed by atoms with van der Waals surface area (Å²) in [5.41, 5.74) is 0. The van der Waals surface area contributed by atoms with E-state index in [0.29, 0.717) is 12.1 Å². The van der Waals surface area contributed by atoms with Crippen molar-refractivity contribution in [3.05, 3.63) is 0 Å². The number of nitrogens with one attached hydrogen (secondary N) is 1. The molecule has 0 bridgehead atoms. The van der Waals surface area contributed by atoms with Gasteiger partial charge in [0.15, 0.2) is 0 Å². The Morgan fingerprint density at radius 1 is 1.40 bits per heavy atom. The Morgan fingerprint density at radius 3 is 2.93 bits per heavy atom. The smallest absolute Gasteiger partial charge is 0.0604 e. The summed E-state index contributed by atoms with van der Waals surface area (Å²) in [6, 6.07) is 0.712. The third kappa shape index (κ3) is 3.44.